The molecule has 0 amide bonds. The molecule has 0 saturated carbocycles. The molecule has 0 bridgehead atoms. The fourth-order valence-electron chi connectivity index (χ4n) is 2.93. The van der Waals surface area contributed by atoms with Crippen LogP contribution in [0.15, 0.2) is 97.6 Å². The molecule has 0 aromatic heterocycles. The fourth-order valence-corrected chi connectivity index (χ4v) is 2.93. The maximum Gasteiger partial charge on any atom is -0.00365 e. The maximum atomic E-state index is 5.86. The Hall–Kier alpha value is -2.90. The third-order valence-electron chi connectivity index (χ3n) is 4.25. The van der Waals surface area contributed by atoms with E-state index in [4.69, 9.17) is 5.73 Å². The number of nitrogens with two attached hydrogens (primary N) is 1. The van der Waals surface area contributed by atoms with Crippen LogP contribution in [0.5, 0.6) is 0 Å². The van der Waals surface area contributed by atoms with Gasteiger partial charge in [-0.05, 0) is 52.4 Å². The summed E-state index contributed by atoms with van der Waals surface area (Å²) in [6.45, 7) is 4.85. The minimum absolute atomic E-state index is 0.615. The minimum Gasteiger partial charge on any atom is -0.330 e. The molecule has 1 nitrogen and oxygen atoms in total. The van der Waals surface area contributed by atoms with Gasteiger partial charge in [-0.3, -0.25) is 0 Å². The molecule has 2 N–H and O–H groups in total. The quantitative estimate of drug-likeness (QED) is 0.570. The first-order valence-corrected chi connectivity index (χ1v) is 8.59. The van der Waals surface area contributed by atoms with Gasteiger partial charge in [-0.25, -0.2) is 0 Å². The van der Waals surface area contributed by atoms with Crippen molar-refractivity contribution in [3.05, 3.63) is 109 Å². The van der Waals surface area contributed by atoms with E-state index in [1.165, 1.54) is 22.3 Å². The molecule has 0 fully saturated rings. The van der Waals surface area contributed by atoms with E-state index in [2.05, 4.69) is 73.3 Å². The second-order valence-electron chi connectivity index (χ2n) is 6.05. The molecular formula is C24H23N. The predicted molar refractivity (Wildman–Crippen MR) is 109 cm³/mol. The molecular weight excluding hydrogens is 302 g/mol. The van der Waals surface area contributed by atoms with Gasteiger partial charge >= 0.3 is 0 Å². The van der Waals surface area contributed by atoms with Crippen molar-refractivity contribution in [1.29, 1.82) is 0 Å². The van der Waals surface area contributed by atoms with Crippen LogP contribution in [0, 0.1) is 0 Å². The van der Waals surface area contributed by atoms with Gasteiger partial charge in [0.05, 0.1) is 0 Å². The summed E-state index contributed by atoms with van der Waals surface area (Å²) in [4.78, 5) is 0. The van der Waals surface area contributed by atoms with Crippen molar-refractivity contribution in [3.8, 4) is 11.1 Å². The standard InChI is InChI=1S/C24H23N/c1-19(20-9-4-2-5-10-20)17-24(15-16-25)23-14-8-13-22(18-23)21-11-6-3-7-12-21/h2-14,17-18H,1,15-16,25H2/b24-17+. The Morgan fingerprint density at radius 2 is 1.36 bits per heavy atom. The summed E-state index contributed by atoms with van der Waals surface area (Å²) in [6.07, 6.45) is 2.98. The normalized spacial score (nSPS) is 11.3. The van der Waals surface area contributed by atoms with Gasteiger partial charge in [0.2, 0.25) is 0 Å². The summed E-state index contributed by atoms with van der Waals surface area (Å²) in [6, 6.07) is 29.3. The van der Waals surface area contributed by atoms with Crippen molar-refractivity contribution in [2.45, 2.75) is 6.42 Å². The van der Waals surface area contributed by atoms with Gasteiger partial charge in [-0.1, -0.05) is 91.5 Å². The van der Waals surface area contributed by atoms with Crippen molar-refractivity contribution >= 4 is 11.1 Å². The van der Waals surface area contributed by atoms with E-state index in [1.807, 2.05) is 24.3 Å². The van der Waals surface area contributed by atoms with Crippen LogP contribution in [0.1, 0.15) is 17.5 Å². The van der Waals surface area contributed by atoms with Crippen molar-refractivity contribution in [1.82, 2.24) is 0 Å². The first-order chi connectivity index (χ1) is 12.3. The van der Waals surface area contributed by atoms with Gasteiger partial charge in [-0.15, -0.1) is 0 Å². The van der Waals surface area contributed by atoms with Crippen LogP contribution >= 0.6 is 0 Å². The molecule has 0 aliphatic heterocycles. The van der Waals surface area contributed by atoms with E-state index >= 15 is 0 Å². The molecule has 3 aromatic carbocycles. The Morgan fingerprint density at radius 3 is 2.04 bits per heavy atom. The molecule has 0 atom stereocenters. The van der Waals surface area contributed by atoms with E-state index in [-0.39, 0.29) is 0 Å². The van der Waals surface area contributed by atoms with E-state index in [1.54, 1.807) is 0 Å². The van der Waals surface area contributed by atoms with Crippen molar-refractivity contribution in [2.75, 3.05) is 6.54 Å². The first-order valence-electron chi connectivity index (χ1n) is 8.59. The second-order valence-corrected chi connectivity index (χ2v) is 6.05. The number of hydrogen-bond donors (Lipinski definition) is 1. The summed E-state index contributed by atoms with van der Waals surface area (Å²) in [7, 11) is 0. The van der Waals surface area contributed by atoms with Crippen LogP contribution in [0.2, 0.25) is 0 Å². The lowest BCUT2D eigenvalue weighted by molar-refractivity contribution is 1.02. The molecule has 0 spiro atoms. The molecule has 1 heteroatoms. The van der Waals surface area contributed by atoms with Crippen LogP contribution in [0.4, 0.5) is 0 Å². The van der Waals surface area contributed by atoms with Gasteiger partial charge < -0.3 is 5.73 Å². The van der Waals surface area contributed by atoms with E-state index in [0.717, 1.165) is 17.6 Å². The number of rotatable bonds is 6. The van der Waals surface area contributed by atoms with E-state index in [0.29, 0.717) is 6.54 Å². The molecule has 0 aliphatic rings. The second kappa shape index (κ2) is 8.27. The van der Waals surface area contributed by atoms with Crippen molar-refractivity contribution in [2.24, 2.45) is 5.73 Å². The Bertz CT molecular complexity index is 861. The predicted octanol–water partition coefficient (Wildman–Crippen LogP) is 5.80. The smallest absolute Gasteiger partial charge is 0.00365 e. The molecule has 0 radical (unpaired) electrons. The molecule has 0 heterocycles. The third kappa shape index (κ3) is 4.34. The van der Waals surface area contributed by atoms with Crippen LogP contribution < -0.4 is 5.73 Å². The van der Waals surface area contributed by atoms with Crippen LogP contribution in [0.25, 0.3) is 22.3 Å². The summed E-state index contributed by atoms with van der Waals surface area (Å²) in [5.74, 6) is 0. The highest BCUT2D eigenvalue weighted by Gasteiger charge is 2.05. The monoisotopic (exact) mass is 325 g/mol. The van der Waals surface area contributed by atoms with Crippen molar-refractivity contribution < 1.29 is 0 Å². The Labute approximate surface area is 150 Å². The third-order valence-corrected chi connectivity index (χ3v) is 4.25. The molecule has 0 saturated heterocycles. The van der Waals surface area contributed by atoms with Crippen LogP contribution in [-0.2, 0) is 0 Å². The van der Waals surface area contributed by atoms with Gasteiger partial charge in [0.15, 0.2) is 0 Å². The summed E-state index contributed by atoms with van der Waals surface area (Å²) in [5, 5.41) is 0. The zero-order valence-corrected chi connectivity index (χ0v) is 14.4. The highest BCUT2D eigenvalue weighted by atomic mass is 14.5. The first kappa shape index (κ1) is 16.9. The largest absolute Gasteiger partial charge is 0.330 e. The minimum atomic E-state index is 0.615. The zero-order valence-electron chi connectivity index (χ0n) is 14.4. The van der Waals surface area contributed by atoms with E-state index in [9.17, 15) is 0 Å². The molecule has 3 aromatic rings. The molecule has 3 rings (SSSR count). The Kier molecular flexibility index (Phi) is 5.61. The zero-order chi connectivity index (χ0) is 17.5. The number of benzene rings is 3. The fraction of sp³-hybridized carbons (Fsp3) is 0.0833. The highest BCUT2D eigenvalue weighted by Crippen LogP contribution is 2.27. The summed E-state index contributed by atoms with van der Waals surface area (Å²) < 4.78 is 0. The molecule has 124 valence electrons. The SMILES string of the molecule is C=C(/C=C(\CCN)c1cccc(-c2ccccc2)c1)c1ccccc1. The lowest BCUT2D eigenvalue weighted by Crippen LogP contribution is -2.00. The molecule has 0 aliphatic carbocycles. The van der Waals surface area contributed by atoms with Gasteiger partial charge in [0.1, 0.15) is 0 Å². The lowest BCUT2D eigenvalue weighted by atomic mass is 9.95. The molecule has 25 heavy (non-hydrogen) atoms. The Morgan fingerprint density at radius 1 is 0.760 bits per heavy atom. The number of hydrogen-bond acceptors (Lipinski definition) is 1. The summed E-state index contributed by atoms with van der Waals surface area (Å²) in [5.41, 5.74) is 12.9. The highest BCUT2D eigenvalue weighted by molar-refractivity contribution is 5.84. The average molecular weight is 325 g/mol. The average Bonchev–Trinajstić information content (AvgIpc) is 2.69. The van der Waals surface area contributed by atoms with Gasteiger partial charge in [0.25, 0.3) is 0 Å². The van der Waals surface area contributed by atoms with E-state index < -0.39 is 0 Å². The van der Waals surface area contributed by atoms with Gasteiger partial charge in [0, 0.05) is 0 Å². The van der Waals surface area contributed by atoms with Crippen molar-refractivity contribution in [3.63, 3.8) is 0 Å². The lowest BCUT2D eigenvalue weighted by Gasteiger charge is -2.11. The van der Waals surface area contributed by atoms with Gasteiger partial charge in [-0.2, -0.15) is 0 Å². The maximum absolute atomic E-state index is 5.86. The van der Waals surface area contributed by atoms with Crippen LogP contribution in [-0.4, -0.2) is 6.54 Å². The topological polar surface area (TPSA) is 26.0 Å². The molecule has 0 unspecified atom stereocenters. The number of allylic oxidation sites excluding steroid dienone is 2. The Balaban J connectivity index is 1.96. The van der Waals surface area contributed by atoms with Crippen LogP contribution in [0.3, 0.4) is 0 Å². The summed E-state index contributed by atoms with van der Waals surface area (Å²) >= 11 is 0.